The summed E-state index contributed by atoms with van der Waals surface area (Å²) in [6, 6.07) is 1.80. The van der Waals surface area contributed by atoms with Crippen LogP contribution in [-0.2, 0) is 9.84 Å². The molecular weight excluding hydrogens is 164 g/mol. The van der Waals surface area contributed by atoms with E-state index in [2.05, 4.69) is 0 Å². The van der Waals surface area contributed by atoms with Gasteiger partial charge < -0.3 is 5.73 Å². The van der Waals surface area contributed by atoms with Gasteiger partial charge in [0.15, 0.2) is 9.84 Å². The fourth-order valence-electron chi connectivity index (χ4n) is 1.01. The number of nitrogens with two attached hydrogens (primary N) is 1. The molecule has 62 valence electrons. The molecule has 5 heteroatoms. The molecule has 0 aliphatic heterocycles. The fourth-order valence-corrected chi connectivity index (χ4v) is 2.64. The Kier molecular flexibility index (Phi) is 1.69. The highest BCUT2D eigenvalue weighted by molar-refractivity contribution is 7.92. The van der Waals surface area contributed by atoms with Crippen LogP contribution in [0, 0.1) is 11.3 Å². The quantitative estimate of drug-likeness (QED) is 0.606. The van der Waals surface area contributed by atoms with E-state index >= 15 is 0 Å². The van der Waals surface area contributed by atoms with Crippen LogP contribution in [0.15, 0.2) is 0 Å². The number of hydrogen-bond donors (Lipinski definition) is 1. The Labute approximate surface area is 65.9 Å². The Bertz CT molecular complexity index is 303. The molecule has 11 heavy (non-hydrogen) atoms. The van der Waals surface area contributed by atoms with Crippen LogP contribution in [0.5, 0.6) is 0 Å². The van der Waals surface area contributed by atoms with Crippen LogP contribution in [0.2, 0.25) is 0 Å². The fraction of sp³-hybridized carbons (Fsp3) is 0.833. The van der Waals surface area contributed by atoms with E-state index in [0.717, 1.165) is 0 Å². The number of rotatable bonds is 2. The predicted molar refractivity (Wildman–Crippen MR) is 40.4 cm³/mol. The van der Waals surface area contributed by atoms with E-state index in [0.29, 0.717) is 6.42 Å². The monoisotopic (exact) mass is 174 g/mol. The Morgan fingerprint density at radius 2 is 2.36 bits per heavy atom. The van der Waals surface area contributed by atoms with Crippen molar-refractivity contribution in [3.63, 3.8) is 0 Å². The van der Waals surface area contributed by atoms with E-state index in [9.17, 15) is 8.42 Å². The van der Waals surface area contributed by atoms with Crippen molar-refractivity contribution in [1.29, 1.82) is 5.26 Å². The highest BCUT2D eigenvalue weighted by atomic mass is 32.2. The van der Waals surface area contributed by atoms with Crippen LogP contribution in [0.1, 0.15) is 13.3 Å². The van der Waals surface area contributed by atoms with E-state index in [1.165, 1.54) is 0 Å². The molecule has 0 aromatic carbocycles. The Morgan fingerprint density at radius 1 is 1.82 bits per heavy atom. The third kappa shape index (κ3) is 1.24. The topological polar surface area (TPSA) is 83.9 Å². The van der Waals surface area contributed by atoms with Gasteiger partial charge in [0, 0.05) is 5.75 Å². The van der Waals surface area contributed by atoms with Crippen molar-refractivity contribution in [3.05, 3.63) is 0 Å². The maximum atomic E-state index is 11.1. The lowest BCUT2D eigenvalue weighted by Crippen LogP contribution is -2.29. The van der Waals surface area contributed by atoms with Crippen LogP contribution in [0.4, 0.5) is 0 Å². The summed E-state index contributed by atoms with van der Waals surface area (Å²) in [6.45, 7) is 1.56. The van der Waals surface area contributed by atoms with Gasteiger partial charge in [0.1, 0.15) is 5.54 Å². The standard InChI is InChI=1S/C6H10N2O2S/c1-2-11(9,10)5-3-6(5,8)4-7/h5H,2-3,8H2,1H3/t5-,6-/m0/s1. The van der Waals surface area contributed by atoms with Crippen LogP contribution >= 0.6 is 0 Å². The molecule has 1 aliphatic carbocycles. The molecule has 1 rings (SSSR count). The molecule has 2 atom stereocenters. The van der Waals surface area contributed by atoms with Crippen molar-refractivity contribution in [3.8, 4) is 6.07 Å². The summed E-state index contributed by atoms with van der Waals surface area (Å²) in [5.41, 5.74) is 4.32. The zero-order valence-electron chi connectivity index (χ0n) is 6.24. The predicted octanol–water partition coefficient (Wildman–Crippen LogP) is -0.586. The second kappa shape index (κ2) is 2.19. The second-order valence-electron chi connectivity index (χ2n) is 2.80. The maximum Gasteiger partial charge on any atom is 0.155 e. The summed E-state index contributed by atoms with van der Waals surface area (Å²) in [5.74, 6) is 0.0678. The highest BCUT2D eigenvalue weighted by Crippen LogP contribution is 2.39. The molecule has 0 heterocycles. The second-order valence-corrected chi connectivity index (χ2v) is 5.27. The summed E-state index contributed by atoms with van der Waals surface area (Å²) in [4.78, 5) is 0. The minimum absolute atomic E-state index is 0.0678. The van der Waals surface area contributed by atoms with Crippen molar-refractivity contribution < 1.29 is 8.42 Å². The van der Waals surface area contributed by atoms with Crippen LogP contribution in [0.25, 0.3) is 0 Å². The zero-order valence-corrected chi connectivity index (χ0v) is 7.06. The van der Waals surface area contributed by atoms with Gasteiger partial charge in [-0.15, -0.1) is 0 Å². The summed E-state index contributed by atoms with van der Waals surface area (Å²) >= 11 is 0. The third-order valence-electron chi connectivity index (χ3n) is 1.98. The Morgan fingerprint density at radius 3 is 2.64 bits per heavy atom. The average molecular weight is 174 g/mol. The zero-order chi connectivity index (χ0) is 8.70. The lowest BCUT2D eigenvalue weighted by Gasteiger charge is -1.99. The molecular formula is C6H10N2O2S. The minimum atomic E-state index is -3.09. The van der Waals surface area contributed by atoms with Crippen molar-refractivity contribution >= 4 is 9.84 Å². The molecule has 0 aromatic heterocycles. The van der Waals surface area contributed by atoms with Crippen molar-refractivity contribution in [2.75, 3.05) is 5.75 Å². The van der Waals surface area contributed by atoms with Crippen LogP contribution < -0.4 is 5.73 Å². The van der Waals surface area contributed by atoms with Crippen molar-refractivity contribution in [2.24, 2.45) is 5.73 Å². The van der Waals surface area contributed by atoms with Gasteiger partial charge in [-0.1, -0.05) is 6.92 Å². The minimum Gasteiger partial charge on any atom is -0.312 e. The largest absolute Gasteiger partial charge is 0.312 e. The van der Waals surface area contributed by atoms with Crippen LogP contribution in [0.3, 0.4) is 0 Å². The van der Waals surface area contributed by atoms with Gasteiger partial charge in [0.2, 0.25) is 0 Å². The Balaban J connectivity index is 2.81. The van der Waals surface area contributed by atoms with E-state index in [4.69, 9.17) is 11.0 Å². The molecule has 0 unspecified atom stereocenters. The number of hydrogen-bond acceptors (Lipinski definition) is 4. The molecule has 0 radical (unpaired) electrons. The van der Waals surface area contributed by atoms with Gasteiger partial charge in [-0.2, -0.15) is 5.26 Å². The number of nitrogens with zero attached hydrogens (tertiary/aromatic N) is 1. The van der Waals surface area contributed by atoms with Gasteiger partial charge in [-0.25, -0.2) is 8.42 Å². The highest BCUT2D eigenvalue weighted by Gasteiger charge is 2.58. The van der Waals surface area contributed by atoms with E-state index in [1.54, 1.807) is 13.0 Å². The summed E-state index contributed by atoms with van der Waals surface area (Å²) in [5, 5.41) is 7.83. The lowest BCUT2D eigenvalue weighted by molar-refractivity contribution is 0.593. The van der Waals surface area contributed by atoms with Crippen LogP contribution in [-0.4, -0.2) is 25.0 Å². The lowest BCUT2D eigenvalue weighted by atomic mass is 10.3. The SMILES string of the molecule is CCS(=O)(=O)[C@H]1C[C@]1(N)C#N. The summed E-state index contributed by atoms with van der Waals surface area (Å²) in [7, 11) is -3.09. The van der Waals surface area contributed by atoms with Gasteiger partial charge in [-0.05, 0) is 6.42 Å². The first-order chi connectivity index (χ1) is 4.96. The molecule has 1 fully saturated rings. The van der Waals surface area contributed by atoms with Crippen molar-refractivity contribution in [2.45, 2.75) is 24.1 Å². The Hall–Kier alpha value is -0.600. The van der Waals surface area contributed by atoms with E-state index in [1.807, 2.05) is 0 Å². The average Bonchev–Trinajstić information content (AvgIpc) is 2.65. The molecule has 0 amide bonds. The van der Waals surface area contributed by atoms with Gasteiger partial charge >= 0.3 is 0 Å². The molecule has 4 nitrogen and oxygen atoms in total. The molecule has 0 aromatic rings. The summed E-state index contributed by atoms with van der Waals surface area (Å²) in [6.07, 6.45) is 0.291. The smallest absolute Gasteiger partial charge is 0.155 e. The van der Waals surface area contributed by atoms with Gasteiger partial charge in [0.25, 0.3) is 0 Å². The number of nitriles is 1. The molecule has 0 spiro atoms. The first kappa shape index (κ1) is 8.50. The normalized spacial score (nSPS) is 36.3. The van der Waals surface area contributed by atoms with E-state index in [-0.39, 0.29) is 5.75 Å². The van der Waals surface area contributed by atoms with Gasteiger partial charge in [-0.3, -0.25) is 0 Å². The molecule has 0 bridgehead atoms. The molecule has 2 N–H and O–H groups in total. The summed E-state index contributed by atoms with van der Waals surface area (Å²) < 4.78 is 22.2. The van der Waals surface area contributed by atoms with E-state index < -0.39 is 20.6 Å². The maximum absolute atomic E-state index is 11.1. The molecule has 1 aliphatic rings. The van der Waals surface area contributed by atoms with Gasteiger partial charge in [0.05, 0.1) is 11.3 Å². The molecule has 0 saturated heterocycles. The third-order valence-corrected chi connectivity index (χ3v) is 4.24. The number of sulfone groups is 1. The van der Waals surface area contributed by atoms with Crippen molar-refractivity contribution in [1.82, 2.24) is 0 Å². The first-order valence-electron chi connectivity index (χ1n) is 3.38. The first-order valence-corrected chi connectivity index (χ1v) is 5.09. The molecule has 1 saturated carbocycles.